The van der Waals surface area contributed by atoms with Crippen LogP contribution in [-0.2, 0) is 0 Å². The monoisotopic (exact) mass is 325 g/mol. The Balaban J connectivity index is 2.22. The zero-order valence-electron chi connectivity index (χ0n) is 9.45. The molecule has 0 saturated heterocycles. The molecule has 2 aromatic rings. The van der Waals surface area contributed by atoms with Gasteiger partial charge in [0.25, 0.3) is 5.91 Å². The number of rotatable bonds is 2. The Morgan fingerprint density at radius 3 is 2.89 bits per heavy atom. The fraction of sp³-hybridized carbons (Fsp3) is 0.0833. The van der Waals surface area contributed by atoms with Crippen molar-refractivity contribution in [2.45, 2.75) is 6.92 Å². The fourth-order valence-corrected chi connectivity index (χ4v) is 1.87. The molecule has 4 nitrogen and oxygen atoms in total. The van der Waals surface area contributed by atoms with Gasteiger partial charge >= 0.3 is 0 Å². The first-order chi connectivity index (χ1) is 8.58. The summed E-state index contributed by atoms with van der Waals surface area (Å²) in [6.07, 6.45) is 4.73. The van der Waals surface area contributed by atoms with E-state index < -0.39 is 0 Å². The van der Waals surface area contributed by atoms with Crippen molar-refractivity contribution in [2.75, 3.05) is 5.32 Å². The minimum Gasteiger partial charge on any atom is -0.321 e. The molecule has 0 unspecified atom stereocenters. The van der Waals surface area contributed by atoms with Crippen molar-refractivity contribution in [3.63, 3.8) is 0 Å². The van der Waals surface area contributed by atoms with Crippen molar-refractivity contribution in [3.8, 4) is 0 Å². The zero-order chi connectivity index (χ0) is 13.1. The summed E-state index contributed by atoms with van der Waals surface area (Å²) in [6, 6.07) is 3.37. The molecule has 0 aliphatic heterocycles. The van der Waals surface area contributed by atoms with E-state index in [4.69, 9.17) is 11.6 Å². The summed E-state index contributed by atoms with van der Waals surface area (Å²) in [6.45, 7) is 1.83. The predicted octanol–water partition coefficient (Wildman–Crippen LogP) is 3.45. The molecule has 0 saturated carbocycles. The third-order valence-corrected chi connectivity index (χ3v) is 3.45. The first kappa shape index (κ1) is 13.0. The van der Waals surface area contributed by atoms with Crippen molar-refractivity contribution >= 4 is 39.1 Å². The highest BCUT2D eigenvalue weighted by Gasteiger charge is 2.10. The highest BCUT2D eigenvalue weighted by Crippen LogP contribution is 2.23. The van der Waals surface area contributed by atoms with E-state index in [1.165, 1.54) is 6.20 Å². The van der Waals surface area contributed by atoms with Gasteiger partial charge in [-0.15, -0.1) is 0 Å². The number of hydrogen-bond acceptors (Lipinski definition) is 3. The number of halogens is 2. The Hall–Kier alpha value is -1.46. The third kappa shape index (κ3) is 2.86. The second kappa shape index (κ2) is 5.46. The standard InChI is InChI=1S/C12H9BrClN3O/c1-7-5-15-3-2-9(7)12(18)17-8-4-10(13)11(14)16-6-8/h2-6H,1H3,(H,17,18). The van der Waals surface area contributed by atoms with Crippen LogP contribution in [0.3, 0.4) is 0 Å². The average molecular weight is 327 g/mol. The molecule has 0 spiro atoms. The van der Waals surface area contributed by atoms with Crippen LogP contribution in [0.4, 0.5) is 5.69 Å². The summed E-state index contributed by atoms with van der Waals surface area (Å²) in [4.78, 5) is 19.9. The maximum absolute atomic E-state index is 12.0. The summed E-state index contributed by atoms with van der Waals surface area (Å²) in [7, 11) is 0. The van der Waals surface area contributed by atoms with Crippen LogP contribution in [0.15, 0.2) is 35.2 Å². The minimum atomic E-state index is -0.203. The van der Waals surface area contributed by atoms with Gasteiger partial charge in [-0.05, 0) is 40.5 Å². The highest BCUT2D eigenvalue weighted by molar-refractivity contribution is 9.10. The molecular weight excluding hydrogens is 318 g/mol. The van der Waals surface area contributed by atoms with Crippen LogP contribution < -0.4 is 5.32 Å². The molecule has 6 heteroatoms. The maximum Gasteiger partial charge on any atom is 0.256 e. The predicted molar refractivity (Wildman–Crippen MR) is 73.9 cm³/mol. The van der Waals surface area contributed by atoms with Gasteiger partial charge in [-0.25, -0.2) is 4.98 Å². The number of anilines is 1. The van der Waals surface area contributed by atoms with Gasteiger partial charge in [0.05, 0.1) is 16.4 Å². The lowest BCUT2D eigenvalue weighted by Crippen LogP contribution is -2.13. The molecule has 0 fully saturated rings. The fourth-order valence-electron chi connectivity index (χ4n) is 1.42. The van der Waals surface area contributed by atoms with Gasteiger partial charge in [0.1, 0.15) is 5.15 Å². The minimum absolute atomic E-state index is 0.203. The number of carbonyl (C=O) groups excluding carboxylic acids is 1. The van der Waals surface area contributed by atoms with Crippen LogP contribution in [-0.4, -0.2) is 15.9 Å². The SMILES string of the molecule is Cc1cnccc1C(=O)Nc1cnc(Cl)c(Br)c1. The van der Waals surface area contributed by atoms with E-state index in [-0.39, 0.29) is 5.91 Å². The lowest BCUT2D eigenvalue weighted by molar-refractivity contribution is 0.102. The molecular formula is C12H9BrClN3O. The van der Waals surface area contributed by atoms with Crippen molar-refractivity contribution in [1.29, 1.82) is 0 Å². The largest absolute Gasteiger partial charge is 0.321 e. The molecule has 0 aromatic carbocycles. The second-order valence-electron chi connectivity index (χ2n) is 3.64. The number of amides is 1. The summed E-state index contributed by atoms with van der Waals surface area (Å²) in [5, 5.41) is 3.10. The van der Waals surface area contributed by atoms with E-state index in [0.29, 0.717) is 20.9 Å². The molecule has 2 heterocycles. The molecule has 0 bridgehead atoms. The molecule has 0 atom stereocenters. The van der Waals surface area contributed by atoms with E-state index >= 15 is 0 Å². The molecule has 18 heavy (non-hydrogen) atoms. The van der Waals surface area contributed by atoms with E-state index in [2.05, 4.69) is 31.2 Å². The van der Waals surface area contributed by atoms with Crippen LogP contribution in [0, 0.1) is 6.92 Å². The summed E-state index contributed by atoms with van der Waals surface area (Å²) in [5.74, 6) is -0.203. The van der Waals surface area contributed by atoms with Crippen molar-refractivity contribution in [1.82, 2.24) is 9.97 Å². The lowest BCUT2D eigenvalue weighted by Gasteiger charge is -2.07. The molecule has 0 aliphatic carbocycles. The smallest absolute Gasteiger partial charge is 0.256 e. The third-order valence-electron chi connectivity index (χ3n) is 2.32. The molecule has 92 valence electrons. The highest BCUT2D eigenvalue weighted by atomic mass is 79.9. The van der Waals surface area contributed by atoms with E-state index in [1.54, 1.807) is 24.5 Å². The number of pyridine rings is 2. The average Bonchev–Trinajstić information content (AvgIpc) is 2.34. The van der Waals surface area contributed by atoms with E-state index in [1.807, 2.05) is 6.92 Å². The van der Waals surface area contributed by atoms with E-state index in [0.717, 1.165) is 5.56 Å². The second-order valence-corrected chi connectivity index (χ2v) is 4.85. The van der Waals surface area contributed by atoms with E-state index in [9.17, 15) is 4.79 Å². The summed E-state index contributed by atoms with van der Waals surface area (Å²) < 4.78 is 0.633. The molecule has 1 N–H and O–H groups in total. The number of aryl methyl sites for hydroxylation is 1. The Morgan fingerprint density at radius 1 is 1.44 bits per heavy atom. The Labute approximate surface area is 118 Å². The number of nitrogens with one attached hydrogen (secondary N) is 1. The van der Waals surface area contributed by atoms with Crippen molar-refractivity contribution < 1.29 is 4.79 Å². The molecule has 2 aromatic heterocycles. The number of carbonyl (C=O) groups is 1. The molecule has 0 radical (unpaired) electrons. The topological polar surface area (TPSA) is 54.9 Å². The van der Waals surface area contributed by atoms with Crippen molar-refractivity contribution in [2.24, 2.45) is 0 Å². The normalized spacial score (nSPS) is 10.2. The van der Waals surface area contributed by atoms with Crippen molar-refractivity contribution in [3.05, 3.63) is 51.5 Å². The first-order valence-corrected chi connectivity index (χ1v) is 6.28. The molecule has 2 rings (SSSR count). The lowest BCUT2D eigenvalue weighted by atomic mass is 10.1. The molecule has 0 aliphatic rings. The number of hydrogen-bond donors (Lipinski definition) is 1. The van der Waals surface area contributed by atoms with Crippen LogP contribution in [0.5, 0.6) is 0 Å². The number of aromatic nitrogens is 2. The maximum atomic E-state index is 12.0. The molecule has 1 amide bonds. The summed E-state index contributed by atoms with van der Waals surface area (Å²) >= 11 is 9.03. The summed E-state index contributed by atoms with van der Waals surface area (Å²) in [5.41, 5.74) is 1.97. The number of nitrogens with zero attached hydrogens (tertiary/aromatic N) is 2. The van der Waals surface area contributed by atoms with Gasteiger partial charge < -0.3 is 5.32 Å². The van der Waals surface area contributed by atoms with Crippen LogP contribution in [0.25, 0.3) is 0 Å². The van der Waals surface area contributed by atoms with Gasteiger partial charge in [-0.3, -0.25) is 9.78 Å². The van der Waals surface area contributed by atoms with Crippen LogP contribution in [0.2, 0.25) is 5.15 Å². The van der Waals surface area contributed by atoms with Crippen LogP contribution in [0.1, 0.15) is 15.9 Å². The Bertz CT molecular complexity index is 604. The van der Waals surface area contributed by atoms with Gasteiger partial charge in [-0.2, -0.15) is 0 Å². The van der Waals surface area contributed by atoms with Crippen LogP contribution >= 0.6 is 27.5 Å². The first-order valence-electron chi connectivity index (χ1n) is 5.11. The zero-order valence-corrected chi connectivity index (χ0v) is 11.8. The van der Waals surface area contributed by atoms with Gasteiger partial charge in [0.2, 0.25) is 0 Å². The Morgan fingerprint density at radius 2 is 2.22 bits per heavy atom. The Kier molecular flexibility index (Phi) is 3.93. The van der Waals surface area contributed by atoms with Gasteiger partial charge in [0.15, 0.2) is 0 Å². The van der Waals surface area contributed by atoms with Gasteiger partial charge in [-0.1, -0.05) is 11.6 Å². The van der Waals surface area contributed by atoms with Gasteiger partial charge in [0, 0.05) is 18.0 Å². The quantitative estimate of drug-likeness (QED) is 0.860.